The van der Waals surface area contributed by atoms with Crippen LogP contribution in [-0.4, -0.2) is 56.0 Å². The van der Waals surface area contributed by atoms with Gasteiger partial charge in [0.15, 0.2) is 15.8 Å². The van der Waals surface area contributed by atoms with E-state index in [1.54, 1.807) is 13.8 Å². The molecular formula is C21H30IN3O2S. The van der Waals surface area contributed by atoms with Crippen molar-refractivity contribution in [3.8, 4) is 0 Å². The smallest absolute Gasteiger partial charge is 0.194 e. The Hall–Kier alpha value is -1.35. The molecule has 154 valence electrons. The van der Waals surface area contributed by atoms with Gasteiger partial charge in [-0.25, -0.2) is 8.42 Å². The summed E-state index contributed by atoms with van der Waals surface area (Å²) in [5.74, 6) is 0.981. The van der Waals surface area contributed by atoms with Gasteiger partial charge in [-0.2, -0.15) is 0 Å². The topological polar surface area (TPSA) is 61.8 Å². The van der Waals surface area contributed by atoms with Crippen molar-refractivity contribution in [3.63, 3.8) is 0 Å². The van der Waals surface area contributed by atoms with Gasteiger partial charge in [-0.1, -0.05) is 42.5 Å². The molecule has 7 heteroatoms. The number of guanidine groups is 1. The maximum absolute atomic E-state index is 12.3. The highest BCUT2D eigenvalue weighted by Crippen LogP contribution is 2.24. The monoisotopic (exact) mass is 515 g/mol. The van der Waals surface area contributed by atoms with Crippen LogP contribution < -0.4 is 5.32 Å². The number of aliphatic imine (C=N–C) groups is 1. The molecule has 1 N–H and O–H groups in total. The molecule has 0 saturated carbocycles. The van der Waals surface area contributed by atoms with Gasteiger partial charge in [0, 0.05) is 26.2 Å². The van der Waals surface area contributed by atoms with Crippen molar-refractivity contribution < 1.29 is 8.42 Å². The summed E-state index contributed by atoms with van der Waals surface area (Å²) in [6, 6.07) is 14.8. The lowest BCUT2D eigenvalue weighted by molar-refractivity contribution is 0.353. The van der Waals surface area contributed by atoms with E-state index in [4.69, 9.17) is 4.99 Å². The molecule has 3 rings (SSSR count). The van der Waals surface area contributed by atoms with Crippen LogP contribution in [0.3, 0.4) is 0 Å². The van der Waals surface area contributed by atoms with Crippen molar-refractivity contribution in [2.75, 3.05) is 31.9 Å². The molecule has 5 nitrogen and oxygen atoms in total. The van der Waals surface area contributed by atoms with Crippen molar-refractivity contribution in [1.82, 2.24) is 10.2 Å². The highest BCUT2D eigenvalue weighted by molar-refractivity contribution is 14.0. The van der Waals surface area contributed by atoms with Crippen LogP contribution in [0.4, 0.5) is 0 Å². The van der Waals surface area contributed by atoms with Crippen molar-refractivity contribution >= 4 is 50.5 Å². The van der Waals surface area contributed by atoms with Crippen LogP contribution in [0, 0.1) is 0 Å². The second kappa shape index (κ2) is 9.43. The SMILES string of the molecule is CCNC(=NCCc1cccc2ccccc12)N1CCS(=O)(=O)C(C)(C)C1.I. The first-order valence-corrected chi connectivity index (χ1v) is 11.2. The molecule has 1 aliphatic rings. The fourth-order valence-corrected chi connectivity index (χ4v) is 4.91. The molecule has 2 aromatic carbocycles. The normalized spacial score (nSPS) is 18.5. The van der Waals surface area contributed by atoms with Crippen molar-refractivity contribution in [1.29, 1.82) is 0 Å². The summed E-state index contributed by atoms with van der Waals surface area (Å²) < 4.78 is 23.8. The third kappa shape index (κ3) is 4.97. The van der Waals surface area contributed by atoms with Crippen molar-refractivity contribution in [3.05, 3.63) is 48.0 Å². The Labute approximate surface area is 185 Å². The van der Waals surface area contributed by atoms with Crippen molar-refractivity contribution in [2.45, 2.75) is 31.9 Å². The Balaban J connectivity index is 0.00000280. The van der Waals surface area contributed by atoms with E-state index < -0.39 is 14.6 Å². The lowest BCUT2D eigenvalue weighted by Crippen LogP contribution is -2.57. The molecule has 0 aromatic heterocycles. The summed E-state index contributed by atoms with van der Waals surface area (Å²) in [5, 5.41) is 5.84. The molecule has 0 amide bonds. The summed E-state index contributed by atoms with van der Waals surface area (Å²) in [7, 11) is -3.05. The van der Waals surface area contributed by atoms with Gasteiger partial charge in [-0.05, 0) is 43.5 Å². The van der Waals surface area contributed by atoms with E-state index in [0.29, 0.717) is 19.6 Å². The Morgan fingerprint density at radius 1 is 1.18 bits per heavy atom. The summed E-state index contributed by atoms with van der Waals surface area (Å²) in [5.41, 5.74) is 1.29. The summed E-state index contributed by atoms with van der Waals surface area (Å²) in [6.45, 7) is 8.02. The Morgan fingerprint density at radius 2 is 1.89 bits per heavy atom. The van der Waals surface area contributed by atoms with Crippen LogP contribution in [0.1, 0.15) is 26.3 Å². The van der Waals surface area contributed by atoms with Gasteiger partial charge >= 0.3 is 0 Å². The minimum Gasteiger partial charge on any atom is -0.357 e. The third-order valence-electron chi connectivity index (χ3n) is 5.20. The average Bonchev–Trinajstić information content (AvgIpc) is 2.63. The number of hydrogen-bond acceptors (Lipinski definition) is 3. The van der Waals surface area contributed by atoms with Crippen LogP contribution in [0.2, 0.25) is 0 Å². The molecular weight excluding hydrogens is 485 g/mol. The van der Waals surface area contributed by atoms with E-state index in [2.05, 4.69) is 52.7 Å². The Bertz CT molecular complexity index is 936. The van der Waals surface area contributed by atoms with E-state index in [1.165, 1.54) is 16.3 Å². The summed E-state index contributed by atoms with van der Waals surface area (Å²) in [4.78, 5) is 6.87. The quantitative estimate of drug-likeness (QED) is 0.385. The van der Waals surface area contributed by atoms with E-state index >= 15 is 0 Å². The minimum atomic E-state index is -3.05. The molecule has 1 aliphatic heterocycles. The third-order valence-corrected chi connectivity index (χ3v) is 7.73. The highest BCUT2D eigenvalue weighted by Gasteiger charge is 2.40. The number of hydrogen-bond donors (Lipinski definition) is 1. The zero-order valence-electron chi connectivity index (χ0n) is 16.8. The van der Waals surface area contributed by atoms with E-state index in [-0.39, 0.29) is 29.7 Å². The first kappa shape index (κ1) is 22.9. The fraction of sp³-hybridized carbons (Fsp3) is 0.476. The number of nitrogens with zero attached hydrogens (tertiary/aromatic N) is 2. The molecule has 2 aromatic rings. The van der Waals surface area contributed by atoms with Crippen molar-refractivity contribution in [2.24, 2.45) is 4.99 Å². The molecule has 1 fully saturated rings. The molecule has 0 radical (unpaired) electrons. The van der Waals surface area contributed by atoms with Crippen LogP contribution in [-0.2, 0) is 16.3 Å². The Morgan fingerprint density at radius 3 is 2.61 bits per heavy atom. The van der Waals surface area contributed by atoms with Gasteiger partial charge in [0.25, 0.3) is 0 Å². The van der Waals surface area contributed by atoms with E-state index in [0.717, 1.165) is 18.9 Å². The van der Waals surface area contributed by atoms with Gasteiger partial charge in [-0.15, -0.1) is 24.0 Å². The van der Waals surface area contributed by atoms with Crippen LogP contribution in [0.15, 0.2) is 47.5 Å². The standard InChI is InChI=1S/C21H29N3O2S.HI/c1-4-22-20(24-14-15-27(25,26)21(2,3)16-24)23-13-12-18-10-7-9-17-8-5-6-11-19(17)18;/h5-11H,4,12-16H2,1-3H3,(H,22,23);1H. The van der Waals surface area contributed by atoms with Gasteiger partial charge in [0.05, 0.1) is 10.5 Å². The molecule has 28 heavy (non-hydrogen) atoms. The molecule has 0 atom stereocenters. The zero-order chi connectivity index (χ0) is 19.5. The number of rotatable bonds is 4. The molecule has 0 bridgehead atoms. The van der Waals surface area contributed by atoms with E-state index in [9.17, 15) is 8.42 Å². The van der Waals surface area contributed by atoms with Crippen LogP contribution in [0.5, 0.6) is 0 Å². The highest BCUT2D eigenvalue weighted by atomic mass is 127. The molecule has 1 heterocycles. The molecule has 0 spiro atoms. The predicted octanol–water partition coefficient (Wildman–Crippen LogP) is 3.47. The van der Waals surface area contributed by atoms with Gasteiger partial charge in [-0.3, -0.25) is 4.99 Å². The molecule has 0 aliphatic carbocycles. The first-order valence-electron chi connectivity index (χ1n) is 9.56. The lowest BCUT2D eigenvalue weighted by Gasteiger charge is -2.39. The van der Waals surface area contributed by atoms with Crippen LogP contribution in [0.25, 0.3) is 10.8 Å². The number of benzene rings is 2. The first-order chi connectivity index (χ1) is 12.8. The van der Waals surface area contributed by atoms with Gasteiger partial charge < -0.3 is 10.2 Å². The predicted molar refractivity (Wildman–Crippen MR) is 128 cm³/mol. The number of nitrogens with one attached hydrogen (secondary N) is 1. The number of fused-ring (bicyclic) bond motifs is 1. The summed E-state index contributed by atoms with van der Waals surface area (Å²) >= 11 is 0. The average molecular weight is 515 g/mol. The summed E-state index contributed by atoms with van der Waals surface area (Å²) in [6.07, 6.45) is 0.853. The lowest BCUT2D eigenvalue weighted by atomic mass is 10.0. The number of sulfone groups is 1. The maximum Gasteiger partial charge on any atom is 0.194 e. The van der Waals surface area contributed by atoms with Gasteiger partial charge in [0.1, 0.15) is 0 Å². The second-order valence-electron chi connectivity index (χ2n) is 7.62. The fourth-order valence-electron chi connectivity index (χ4n) is 3.54. The van der Waals surface area contributed by atoms with E-state index in [1.807, 2.05) is 6.92 Å². The molecule has 0 unspecified atom stereocenters. The molecule has 1 saturated heterocycles. The second-order valence-corrected chi connectivity index (χ2v) is 10.4. The maximum atomic E-state index is 12.3. The minimum absolute atomic E-state index is 0. The number of halogens is 1. The zero-order valence-corrected chi connectivity index (χ0v) is 20.0. The van der Waals surface area contributed by atoms with Crippen LogP contribution >= 0.6 is 24.0 Å². The largest absolute Gasteiger partial charge is 0.357 e. The Kier molecular flexibility index (Phi) is 7.73. The van der Waals surface area contributed by atoms with Gasteiger partial charge in [0.2, 0.25) is 0 Å².